The van der Waals surface area contributed by atoms with Gasteiger partial charge in [-0.2, -0.15) is 0 Å². The molecule has 4 heteroatoms. The van der Waals surface area contributed by atoms with E-state index < -0.39 is 6.10 Å². The van der Waals surface area contributed by atoms with Crippen molar-refractivity contribution in [2.24, 2.45) is 0 Å². The minimum Gasteiger partial charge on any atom is -0.497 e. The van der Waals surface area contributed by atoms with E-state index in [9.17, 15) is 5.11 Å². The van der Waals surface area contributed by atoms with Crippen LogP contribution >= 0.6 is 0 Å². The highest BCUT2D eigenvalue weighted by Crippen LogP contribution is 2.42. The average molecular weight is 286 g/mol. The summed E-state index contributed by atoms with van der Waals surface area (Å²) in [5.74, 6) is 2.23. The summed E-state index contributed by atoms with van der Waals surface area (Å²) in [6, 6.07) is 13.2. The van der Waals surface area contributed by atoms with Gasteiger partial charge in [0.2, 0.25) is 0 Å². The van der Waals surface area contributed by atoms with E-state index >= 15 is 0 Å². The molecule has 21 heavy (non-hydrogen) atoms. The highest BCUT2D eigenvalue weighted by molar-refractivity contribution is 5.44. The minimum absolute atomic E-state index is 0.160. The molecule has 0 fully saturated rings. The molecular formula is C17H18O4. The van der Waals surface area contributed by atoms with E-state index in [4.69, 9.17) is 14.2 Å². The first-order valence-corrected chi connectivity index (χ1v) is 6.88. The molecule has 110 valence electrons. The van der Waals surface area contributed by atoms with Gasteiger partial charge < -0.3 is 19.3 Å². The zero-order valence-corrected chi connectivity index (χ0v) is 12.1. The van der Waals surface area contributed by atoms with Crippen LogP contribution in [-0.4, -0.2) is 19.3 Å². The van der Waals surface area contributed by atoms with Gasteiger partial charge in [-0.1, -0.05) is 12.1 Å². The molecule has 1 aliphatic rings. The number of ether oxygens (including phenoxy) is 3. The van der Waals surface area contributed by atoms with Crippen LogP contribution in [0.5, 0.6) is 17.2 Å². The number of methoxy groups -OCH3 is 2. The van der Waals surface area contributed by atoms with Crippen LogP contribution in [0.1, 0.15) is 29.8 Å². The molecule has 0 saturated heterocycles. The maximum atomic E-state index is 10.4. The van der Waals surface area contributed by atoms with Gasteiger partial charge in [-0.15, -0.1) is 0 Å². The Hall–Kier alpha value is -2.20. The summed E-state index contributed by atoms with van der Waals surface area (Å²) in [5, 5.41) is 10.4. The second kappa shape index (κ2) is 5.66. The Kier molecular flexibility index (Phi) is 3.71. The van der Waals surface area contributed by atoms with E-state index in [0.717, 1.165) is 22.6 Å². The van der Waals surface area contributed by atoms with Gasteiger partial charge in [-0.25, -0.2) is 0 Å². The molecule has 2 aromatic carbocycles. The second-order valence-electron chi connectivity index (χ2n) is 5.03. The molecule has 0 spiro atoms. The van der Waals surface area contributed by atoms with Gasteiger partial charge in [0, 0.05) is 12.0 Å². The standard InChI is InChI=1S/C17H18O4/c1-19-12-5-3-11(4-6-12)17-10-15(18)14-9-13(20-2)7-8-16(14)21-17/h3-9,15,17-18H,10H2,1-2H3/t15-,17-/m0/s1. The molecule has 0 unspecified atom stereocenters. The number of hydrogen-bond acceptors (Lipinski definition) is 4. The average Bonchev–Trinajstić information content (AvgIpc) is 2.54. The van der Waals surface area contributed by atoms with Gasteiger partial charge in [0.25, 0.3) is 0 Å². The summed E-state index contributed by atoms with van der Waals surface area (Å²) in [5.41, 5.74) is 1.80. The summed E-state index contributed by atoms with van der Waals surface area (Å²) in [6.07, 6.45) is -0.199. The lowest BCUT2D eigenvalue weighted by Gasteiger charge is -2.30. The fourth-order valence-corrected chi connectivity index (χ4v) is 2.58. The molecule has 1 aliphatic heterocycles. The van der Waals surface area contributed by atoms with Crippen LogP contribution in [0.15, 0.2) is 42.5 Å². The first-order valence-electron chi connectivity index (χ1n) is 6.88. The molecule has 0 radical (unpaired) electrons. The van der Waals surface area contributed by atoms with Crippen molar-refractivity contribution < 1.29 is 19.3 Å². The number of hydrogen-bond donors (Lipinski definition) is 1. The third-order valence-electron chi connectivity index (χ3n) is 3.77. The molecule has 0 aliphatic carbocycles. The Labute approximate surface area is 123 Å². The molecule has 3 rings (SSSR count). The largest absolute Gasteiger partial charge is 0.497 e. The molecule has 0 saturated carbocycles. The van der Waals surface area contributed by atoms with Crippen LogP contribution in [0.3, 0.4) is 0 Å². The second-order valence-corrected chi connectivity index (χ2v) is 5.03. The van der Waals surface area contributed by atoms with Crippen LogP contribution in [-0.2, 0) is 0 Å². The number of aliphatic hydroxyl groups is 1. The highest BCUT2D eigenvalue weighted by Gasteiger charge is 2.28. The Balaban J connectivity index is 1.87. The van der Waals surface area contributed by atoms with Gasteiger partial charge in [0.15, 0.2) is 0 Å². The maximum absolute atomic E-state index is 10.4. The minimum atomic E-state index is -0.559. The summed E-state index contributed by atoms with van der Waals surface area (Å²) in [7, 11) is 3.25. The molecular weight excluding hydrogens is 268 g/mol. The topological polar surface area (TPSA) is 47.9 Å². The van der Waals surface area contributed by atoms with E-state index in [1.165, 1.54) is 0 Å². The Morgan fingerprint density at radius 3 is 2.33 bits per heavy atom. The normalized spacial score (nSPS) is 20.3. The van der Waals surface area contributed by atoms with Crippen molar-refractivity contribution in [3.63, 3.8) is 0 Å². The molecule has 0 bridgehead atoms. The molecule has 2 aromatic rings. The van der Waals surface area contributed by atoms with Crippen molar-refractivity contribution in [2.75, 3.05) is 14.2 Å². The smallest absolute Gasteiger partial charge is 0.127 e. The number of rotatable bonds is 3. The SMILES string of the molecule is COc1ccc([C@@H]2C[C@H](O)c3cc(OC)ccc3O2)cc1. The lowest BCUT2D eigenvalue weighted by atomic mass is 9.95. The Morgan fingerprint density at radius 2 is 1.67 bits per heavy atom. The van der Waals surface area contributed by atoms with E-state index in [1.54, 1.807) is 14.2 Å². The molecule has 2 atom stereocenters. The zero-order chi connectivity index (χ0) is 14.8. The number of fused-ring (bicyclic) bond motifs is 1. The number of aliphatic hydroxyl groups excluding tert-OH is 1. The lowest BCUT2D eigenvalue weighted by molar-refractivity contribution is 0.0654. The first kappa shape index (κ1) is 13.8. The third-order valence-corrected chi connectivity index (χ3v) is 3.77. The molecule has 0 aromatic heterocycles. The van der Waals surface area contributed by atoms with Crippen molar-refractivity contribution in [3.05, 3.63) is 53.6 Å². The van der Waals surface area contributed by atoms with Crippen LogP contribution in [0.2, 0.25) is 0 Å². The summed E-state index contributed by atoms with van der Waals surface area (Å²) in [6.45, 7) is 0. The lowest BCUT2D eigenvalue weighted by Crippen LogP contribution is -2.19. The Bertz CT molecular complexity index is 621. The van der Waals surface area contributed by atoms with Crippen molar-refractivity contribution in [1.29, 1.82) is 0 Å². The quantitative estimate of drug-likeness (QED) is 0.941. The Morgan fingerprint density at radius 1 is 1.00 bits per heavy atom. The van der Waals surface area contributed by atoms with E-state index in [0.29, 0.717) is 12.2 Å². The van der Waals surface area contributed by atoms with Crippen molar-refractivity contribution in [2.45, 2.75) is 18.6 Å². The van der Waals surface area contributed by atoms with Gasteiger partial charge in [-0.3, -0.25) is 0 Å². The molecule has 1 heterocycles. The predicted octanol–water partition coefficient (Wildman–Crippen LogP) is 3.26. The number of benzene rings is 2. The van der Waals surface area contributed by atoms with Crippen LogP contribution in [0.25, 0.3) is 0 Å². The monoisotopic (exact) mass is 286 g/mol. The fourth-order valence-electron chi connectivity index (χ4n) is 2.58. The van der Waals surface area contributed by atoms with Gasteiger partial charge in [0.1, 0.15) is 23.4 Å². The van der Waals surface area contributed by atoms with Crippen molar-refractivity contribution in [3.8, 4) is 17.2 Å². The van der Waals surface area contributed by atoms with Crippen LogP contribution < -0.4 is 14.2 Å². The molecule has 0 amide bonds. The van der Waals surface area contributed by atoms with Gasteiger partial charge >= 0.3 is 0 Å². The van der Waals surface area contributed by atoms with E-state index in [-0.39, 0.29) is 6.10 Å². The first-order chi connectivity index (χ1) is 10.2. The van der Waals surface area contributed by atoms with Gasteiger partial charge in [0.05, 0.1) is 20.3 Å². The van der Waals surface area contributed by atoms with Gasteiger partial charge in [-0.05, 0) is 35.9 Å². The highest BCUT2D eigenvalue weighted by atomic mass is 16.5. The summed E-state index contributed by atoms with van der Waals surface area (Å²) < 4.78 is 16.3. The van der Waals surface area contributed by atoms with Crippen LogP contribution in [0, 0.1) is 0 Å². The molecule has 1 N–H and O–H groups in total. The van der Waals surface area contributed by atoms with Crippen molar-refractivity contribution >= 4 is 0 Å². The van der Waals surface area contributed by atoms with Crippen molar-refractivity contribution in [1.82, 2.24) is 0 Å². The van der Waals surface area contributed by atoms with Crippen LogP contribution in [0.4, 0.5) is 0 Å². The maximum Gasteiger partial charge on any atom is 0.127 e. The molecule has 4 nitrogen and oxygen atoms in total. The fraction of sp³-hybridized carbons (Fsp3) is 0.294. The summed E-state index contributed by atoms with van der Waals surface area (Å²) >= 11 is 0. The van der Waals surface area contributed by atoms with E-state index in [2.05, 4.69) is 0 Å². The summed E-state index contributed by atoms with van der Waals surface area (Å²) in [4.78, 5) is 0. The third kappa shape index (κ3) is 2.67. The predicted molar refractivity (Wildman–Crippen MR) is 78.9 cm³/mol. The zero-order valence-electron chi connectivity index (χ0n) is 12.1. The van der Waals surface area contributed by atoms with E-state index in [1.807, 2.05) is 42.5 Å².